The number of allylic oxidation sites excluding steroid dienone is 2. The molecule has 0 spiro atoms. The lowest BCUT2D eigenvalue weighted by Crippen LogP contribution is -2.21. The van der Waals surface area contributed by atoms with Crippen LogP contribution in [0.1, 0.15) is 12.8 Å². The van der Waals surface area contributed by atoms with E-state index >= 15 is 0 Å². The summed E-state index contributed by atoms with van der Waals surface area (Å²) in [5.74, 6) is 27.9. The lowest BCUT2D eigenvalue weighted by Gasteiger charge is -2.24. The first-order valence-electron chi connectivity index (χ1n) is 14.2. The Morgan fingerprint density at radius 1 is 0.333 bits per heavy atom. The van der Waals surface area contributed by atoms with E-state index in [9.17, 15) is 0 Å². The Labute approximate surface area is 177 Å². The van der Waals surface area contributed by atoms with Crippen LogP contribution >= 0.6 is 0 Å². The minimum Gasteiger partial charge on any atom is -0.0705 e. The molecule has 16 atom stereocenters. The van der Waals surface area contributed by atoms with Crippen LogP contribution in [0.25, 0.3) is 0 Å². The monoisotopic (exact) mass is 388 g/mol. The maximum absolute atomic E-state index is 4.15. The van der Waals surface area contributed by atoms with Gasteiger partial charge in [-0.1, -0.05) is 11.5 Å². The third kappa shape index (κ3) is 0.773. The molecule has 16 unspecified atom stereocenters. The van der Waals surface area contributed by atoms with Gasteiger partial charge in [0.15, 0.2) is 0 Å². The summed E-state index contributed by atoms with van der Waals surface area (Å²) < 4.78 is 0. The molecule has 0 aliphatic heterocycles. The average molecular weight is 389 g/mol. The normalized spacial score (nSPS) is 90.7. The zero-order valence-corrected chi connectivity index (χ0v) is 17.3. The van der Waals surface area contributed by atoms with Crippen molar-refractivity contribution in [1.29, 1.82) is 0 Å². The molecule has 0 saturated heterocycles. The Morgan fingerprint density at radius 3 is 0.800 bits per heavy atom. The van der Waals surface area contributed by atoms with Gasteiger partial charge in [0.1, 0.15) is 0 Å². The van der Waals surface area contributed by atoms with E-state index in [2.05, 4.69) is 11.5 Å². The predicted molar refractivity (Wildman–Crippen MR) is 107 cm³/mol. The highest BCUT2D eigenvalue weighted by atomic mass is 14.9. The molecule has 0 heteroatoms. The molecule has 0 aromatic heterocycles. The molecule has 0 heterocycles. The second-order valence-electron chi connectivity index (χ2n) is 15.6. The molecule has 0 aromatic rings. The Hall–Kier alpha value is -0.700. The van der Waals surface area contributed by atoms with Crippen molar-refractivity contribution < 1.29 is 0 Å². The molecule has 0 radical (unpaired) electrons. The third-order valence-electron chi connectivity index (χ3n) is 17.3. The number of hydrogen-bond acceptors (Lipinski definition) is 0. The van der Waals surface area contributed by atoms with Gasteiger partial charge in [-0.15, -0.1) is 0 Å². The van der Waals surface area contributed by atoms with Crippen molar-refractivity contribution in [2.24, 2.45) is 142 Å². The minimum atomic E-state index is 1.03. The fourth-order valence-corrected chi connectivity index (χ4v) is 19.0. The molecule has 30 heavy (non-hydrogen) atoms. The van der Waals surface area contributed by atoms with E-state index in [0.717, 1.165) is 71.0 Å². The van der Waals surface area contributed by atoms with E-state index in [1.54, 1.807) is 12.8 Å². The second kappa shape index (κ2) is 3.19. The molecular weight excluding hydrogens is 360 g/mol. The van der Waals surface area contributed by atoms with Crippen LogP contribution in [0.3, 0.4) is 0 Å². The van der Waals surface area contributed by atoms with Crippen molar-refractivity contribution in [3.8, 4) is 0 Å². The second-order valence-corrected chi connectivity index (χ2v) is 15.6. The van der Waals surface area contributed by atoms with Crippen LogP contribution < -0.4 is 0 Å². The van der Waals surface area contributed by atoms with Crippen LogP contribution in [-0.4, -0.2) is 0 Å². The molecule has 16 aliphatic carbocycles. The maximum atomic E-state index is 4.15. The van der Waals surface area contributed by atoms with Gasteiger partial charge in [0.2, 0.25) is 0 Å². The van der Waals surface area contributed by atoms with Crippen molar-refractivity contribution in [2.45, 2.75) is 12.8 Å². The van der Waals surface area contributed by atoms with Crippen LogP contribution in [0, 0.1) is 142 Å². The standard InChI is InChI=1S/C30H28/c1(5-11-23-15-7-3-8-17(15)25(11)26-12(5)24(23)16(7)18(8)26)2-6-13-27-19-9-4-10-21(19)29(13)30-14(6)28(27)20(9)22(10)30/h7-30H,3-4H2. The van der Waals surface area contributed by atoms with Crippen LogP contribution in [0.2, 0.25) is 0 Å². The molecule has 16 saturated carbocycles. The molecule has 0 N–H and O–H groups in total. The molecule has 16 aliphatic rings. The number of rotatable bonds is 0. The van der Waals surface area contributed by atoms with Gasteiger partial charge < -0.3 is 0 Å². The first-order chi connectivity index (χ1) is 14.9. The fraction of sp³-hybridized carbons (Fsp3) is 0.867. The van der Waals surface area contributed by atoms with Crippen LogP contribution in [-0.2, 0) is 0 Å². The first kappa shape index (κ1) is 13.1. The summed E-state index contributed by atoms with van der Waals surface area (Å²) in [5, 5.41) is 0. The van der Waals surface area contributed by atoms with Crippen LogP contribution in [0.4, 0.5) is 0 Å². The highest BCUT2D eigenvalue weighted by Crippen LogP contribution is 2.95. The van der Waals surface area contributed by atoms with Gasteiger partial charge in [0.05, 0.1) is 0 Å². The summed E-state index contributed by atoms with van der Waals surface area (Å²) in [4.78, 5) is 0. The number of hydrogen-bond donors (Lipinski definition) is 0. The van der Waals surface area contributed by atoms with Gasteiger partial charge in [0.25, 0.3) is 0 Å². The summed E-state index contributed by atoms with van der Waals surface area (Å²) in [6.07, 6.45) is 3.37. The first-order valence-corrected chi connectivity index (χ1v) is 14.2. The zero-order chi connectivity index (χ0) is 17.8. The van der Waals surface area contributed by atoms with Crippen molar-refractivity contribution >= 4 is 0 Å². The van der Waals surface area contributed by atoms with Gasteiger partial charge >= 0.3 is 0 Å². The molecule has 0 amide bonds. The van der Waals surface area contributed by atoms with Gasteiger partial charge in [0, 0.05) is 0 Å². The van der Waals surface area contributed by atoms with Gasteiger partial charge in [-0.2, -0.15) is 0 Å². The largest absolute Gasteiger partial charge is 0.0705 e. The highest BCUT2D eigenvalue weighted by Gasteiger charge is 2.91. The van der Waals surface area contributed by atoms with Crippen molar-refractivity contribution in [2.75, 3.05) is 0 Å². The Balaban J connectivity index is 1.02. The van der Waals surface area contributed by atoms with Gasteiger partial charge in [-0.25, -0.2) is 0 Å². The van der Waals surface area contributed by atoms with Gasteiger partial charge in [-0.05, 0) is 166 Å². The smallest absolute Gasteiger partial charge is 0.00493 e. The third-order valence-corrected chi connectivity index (χ3v) is 17.3. The summed E-state index contributed by atoms with van der Waals surface area (Å²) in [7, 11) is 0. The molecule has 8 bridgehead atoms. The van der Waals surface area contributed by atoms with Crippen LogP contribution in [0.15, 0.2) is 22.6 Å². The quantitative estimate of drug-likeness (QED) is 0.541. The Bertz CT molecular complexity index is 986. The van der Waals surface area contributed by atoms with Gasteiger partial charge in [-0.3, -0.25) is 0 Å². The van der Waals surface area contributed by atoms with Crippen LogP contribution in [0.5, 0.6) is 0 Å². The SMILES string of the molecule is C(=C=C1C2C3C4C5CC6C4C2C2C1C3C5C62)=C1C2C3C4C5CC6C4C2C2C1C3C5C62. The minimum absolute atomic E-state index is 1.03. The summed E-state index contributed by atoms with van der Waals surface area (Å²) >= 11 is 0. The molecule has 0 nitrogen and oxygen atoms in total. The summed E-state index contributed by atoms with van der Waals surface area (Å²) in [6.45, 7) is 0. The Kier molecular flexibility index (Phi) is 1.39. The molecule has 16 fully saturated rings. The van der Waals surface area contributed by atoms with Crippen molar-refractivity contribution in [3.63, 3.8) is 0 Å². The maximum Gasteiger partial charge on any atom is -0.00493 e. The topological polar surface area (TPSA) is 0 Å². The van der Waals surface area contributed by atoms with E-state index < -0.39 is 0 Å². The molecule has 0 aromatic carbocycles. The Morgan fingerprint density at radius 2 is 0.567 bits per heavy atom. The molecule has 148 valence electrons. The summed E-state index contributed by atoms with van der Waals surface area (Å²) in [6, 6.07) is 0. The summed E-state index contributed by atoms with van der Waals surface area (Å²) in [5.41, 5.74) is 12.1. The lowest BCUT2D eigenvalue weighted by molar-refractivity contribution is 0.220. The zero-order valence-electron chi connectivity index (χ0n) is 17.3. The average Bonchev–Trinajstić information content (AvgIpc) is 3.51. The lowest BCUT2D eigenvalue weighted by atomic mass is 9.80. The van der Waals surface area contributed by atoms with Crippen molar-refractivity contribution in [3.05, 3.63) is 22.6 Å². The molecular formula is C30H28. The predicted octanol–water partition coefficient (Wildman–Crippen LogP) is 4.35. The van der Waals surface area contributed by atoms with E-state index in [-0.39, 0.29) is 0 Å². The van der Waals surface area contributed by atoms with E-state index in [1.807, 2.05) is 11.1 Å². The van der Waals surface area contributed by atoms with Crippen molar-refractivity contribution in [1.82, 2.24) is 0 Å². The highest BCUT2D eigenvalue weighted by molar-refractivity contribution is 5.48. The van der Waals surface area contributed by atoms with E-state index in [1.165, 1.54) is 71.0 Å². The molecule has 16 rings (SSSR count). The fourth-order valence-electron chi connectivity index (χ4n) is 19.0. The van der Waals surface area contributed by atoms with E-state index in [4.69, 9.17) is 0 Å². The van der Waals surface area contributed by atoms with E-state index in [0.29, 0.717) is 0 Å².